The van der Waals surface area contributed by atoms with E-state index in [-0.39, 0.29) is 6.54 Å². The molecule has 0 aromatic carbocycles. The van der Waals surface area contributed by atoms with Gasteiger partial charge in [0.25, 0.3) is 0 Å². The summed E-state index contributed by atoms with van der Waals surface area (Å²) in [5, 5.41) is 8.34. The van der Waals surface area contributed by atoms with Gasteiger partial charge >= 0.3 is 5.97 Å². The Balaban J connectivity index is 3.82. The number of aliphatic carboxylic acids is 1. The predicted molar refractivity (Wildman–Crippen MR) is 39.6 cm³/mol. The quantitative estimate of drug-likeness (QED) is 0.598. The Hall–Kier alpha value is -0.620. The summed E-state index contributed by atoms with van der Waals surface area (Å²) in [5.41, 5.74) is 0. The maximum atomic E-state index is 10.5. The largest absolute Gasteiger partial charge is 0.481 e. The highest BCUT2D eigenvalue weighted by Gasteiger charge is 2.12. The van der Waals surface area contributed by atoms with E-state index in [9.17, 15) is 13.2 Å². The molecule has 6 heteroatoms. The normalized spacial score (nSPS) is 14.4. The van der Waals surface area contributed by atoms with Crippen LogP contribution >= 0.6 is 0 Å². The molecule has 0 radical (unpaired) electrons. The summed E-state index contributed by atoms with van der Waals surface area (Å²) in [4.78, 5) is 10.2. The maximum absolute atomic E-state index is 10.5. The van der Waals surface area contributed by atoms with Gasteiger partial charge in [-0.3, -0.25) is 4.79 Å². The molecule has 0 aliphatic rings. The fraction of sp³-hybridized carbons (Fsp3) is 0.800. The number of carboxylic acid groups (broad SMARTS) is 1. The van der Waals surface area contributed by atoms with E-state index in [0.717, 1.165) is 6.26 Å². The smallest absolute Gasteiger partial charge is 0.307 e. The Bertz CT molecular complexity index is 233. The summed E-state index contributed by atoms with van der Waals surface area (Å²) in [6, 6.07) is 0. The molecule has 1 atom stereocenters. The van der Waals surface area contributed by atoms with E-state index in [2.05, 4.69) is 4.72 Å². The van der Waals surface area contributed by atoms with Crippen LogP contribution < -0.4 is 4.72 Å². The van der Waals surface area contributed by atoms with Crippen molar-refractivity contribution < 1.29 is 18.3 Å². The van der Waals surface area contributed by atoms with E-state index >= 15 is 0 Å². The number of hydrogen-bond donors (Lipinski definition) is 2. The minimum atomic E-state index is -3.27. The van der Waals surface area contributed by atoms with E-state index < -0.39 is 21.9 Å². The lowest BCUT2D eigenvalue weighted by molar-refractivity contribution is -0.140. The zero-order valence-electron chi connectivity index (χ0n) is 6.36. The van der Waals surface area contributed by atoms with Crippen LogP contribution in [0.1, 0.15) is 6.92 Å². The molecule has 0 rings (SSSR count). The third-order valence-electron chi connectivity index (χ3n) is 1.07. The summed E-state index contributed by atoms with van der Waals surface area (Å²) in [7, 11) is -3.27. The van der Waals surface area contributed by atoms with Crippen molar-refractivity contribution in [3.05, 3.63) is 0 Å². The van der Waals surface area contributed by atoms with E-state index in [0.29, 0.717) is 0 Å². The van der Waals surface area contributed by atoms with Gasteiger partial charge in [0.1, 0.15) is 0 Å². The topological polar surface area (TPSA) is 83.5 Å². The van der Waals surface area contributed by atoms with E-state index in [1.165, 1.54) is 6.92 Å². The molecule has 0 aromatic rings. The van der Waals surface area contributed by atoms with Crippen LogP contribution in [0.2, 0.25) is 0 Å². The van der Waals surface area contributed by atoms with Gasteiger partial charge in [0.05, 0.1) is 12.2 Å². The van der Waals surface area contributed by atoms with E-state index in [1.54, 1.807) is 0 Å². The van der Waals surface area contributed by atoms with Gasteiger partial charge in [-0.15, -0.1) is 0 Å². The summed E-state index contributed by atoms with van der Waals surface area (Å²) in [6.07, 6.45) is 0.988. The summed E-state index contributed by atoms with van der Waals surface area (Å²) in [6.45, 7) is 1.37. The Morgan fingerprint density at radius 1 is 1.64 bits per heavy atom. The summed E-state index contributed by atoms with van der Waals surface area (Å²) < 4.78 is 23.0. The molecule has 0 spiro atoms. The second-order valence-corrected chi connectivity index (χ2v) is 4.19. The van der Waals surface area contributed by atoms with E-state index in [1.807, 2.05) is 0 Å². The number of hydrogen-bond acceptors (Lipinski definition) is 3. The van der Waals surface area contributed by atoms with Crippen LogP contribution in [-0.2, 0) is 14.8 Å². The van der Waals surface area contributed by atoms with Crippen molar-refractivity contribution in [1.82, 2.24) is 4.72 Å². The van der Waals surface area contributed by atoms with Crippen molar-refractivity contribution in [1.29, 1.82) is 0 Å². The van der Waals surface area contributed by atoms with Gasteiger partial charge in [-0.25, -0.2) is 13.1 Å². The zero-order valence-corrected chi connectivity index (χ0v) is 7.18. The molecule has 0 saturated heterocycles. The lowest BCUT2D eigenvalue weighted by Crippen LogP contribution is -2.30. The van der Waals surface area contributed by atoms with Crippen LogP contribution in [-0.4, -0.2) is 32.3 Å². The molecule has 2 N–H and O–H groups in total. The molecule has 0 bridgehead atoms. The van der Waals surface area contributed by atoms with Crippen LogP contribution in [0, 0.1) is 5.92 Å². The molecule has 0 heterocycles. The second-order valence-electron chi connectivity index (χ2n) is 2.36. The van der Waals surface area contributed by atoms with Crippen molar-refractivity contribution in [3.8, 4) is 0 Å². The van der Waals surface area contributed by atoms with Crippen LogP contribution in [0.25, 0.3) is 0 Å². The van der Waals surface area contributed by atoms with Gasteiger partial charge in [0, 0.05) is 6.54 Å². The molecule has 66 valence electrons. The third-order valence-corrected chi connectivity index (χ3v) is 1.76. The molecule has 0 aromatic heterocycles. The fourth-order valence-corrected chi connectivity index (χ4v) is 0.916. The molecule has 11 heavy (non-hydrogen) atoms. The van der Waals surface area contributed by atoms with Crippen LogP contribution in [0.3, 0.4) is 0 Å². The summed E-state index contributed by atoms with van der Waals surface area (Å²) in [5.74, 6) is -1.70. The number of rotatable bonds is 4. The van der Waals surface area contributed by atoms with Crippen molar-refractivity contribution >= 4 is 16.0 Å². The van der Waals surface area contributed by atoms with E-state index in [4.69, 9.17) is 5.11 Å². The highest BCUT2D eigenvalue weighted by molar-refractivity contribution is 7.88. The minimum absolute atomic E-state index is 0.0613. The maximum Gasteiger partial charge on any atom is 0.307 e. The molecule has 5 nitrogen and oxygen atoms in total. The van der Waals surface area contributed by atoms with Crippen molar-refractivity contribution in [2.24, 2.45) is 5.92 Å². The highest BCUT2D eigenvalue weighted by atomic mass is 32.2. The molecular formula is C5H11NO4S. The Morgan fingerprint density at radius 2 is 2.09 bits per heavy atom. The molecule has 0 aliphatic carbocycles. The standard InChI is InChI=1S/C5H11NO4S/c1-4(5(7)8)3-6-11(2,9)10/h4,6H,3H2,1-2H3,(H,7,8). The minimum Gasteiger partial charge on any atom is -0.481 e. The Labute approximate surface area is 65.5 Å². The van der Waals surface area contributed by atoms with Gasteiger partial charge in [0.15, 0.2) is 0 Å². The van der Waals surface area contributed by atoms with Gasteiger partial charge < -0.3 is 5.11 Å². The van der Waals surface area contributed by atoms with Crippen LogP contribution in [0.5, 0.6) is 0 Å². The van der Waals surface area contributed by atoms with Gasteiger partial charge in [-0.05, 0) is 0 Å². The zero-order chi connectivity index (χ0) is 9.07. The molecule has 1 unspecified atom stereocenters. The number of carbonyl (C=O) groups is 1. The second kappa shape index (κ2) is 3.68. The first-order valence-electron chi connectivity index (χ1n) is 3.00. The lowest BCUT2D eigenvalue weighted by atomic mass is 10.2. The molecular weight excluding hydrogens is 170 g/mol. The first-order chi connectivity index (χ1) is 4.83. The monoisotopic (exact) mass is 181 g/mol. The molecule has 0 aliphatic heterocycles. The van der Waals surface area contributed by atoms with Gasteiger partial charge in [-0.1, -0.05) is 6.92 Å². The van der Waals surface area contributed by atoms with Crippen molar-refractivity contribution in [2.75, 3.05) is 12.8 Å². The lowest BCUT2D eigenvalue weighted by Gasteiger charge is -2.05. The SMILES string of the molecule is CC(CNS(C)(=O)=O)C(=O)O. The number of sulfonamides is 1. The highest BCUT2D eigenvalue weighted by Crippen LogP contribution is 1.91. The Kier molecular flexibility index (Phi) is 3.47. The molecule has 0 fully saturated rings. The van der Waals surface area contributed by atoms with Crippen molar-refractivity contribution in [2.45, 2.75) is 6.92 Å². The fourth-order valence-electron chi connectivity index (χ4n) is 0.364. The predicted octanol–water partition coefficient (Wildman–Crippen LogP) is -0.744. The van der Waals surface area contributed by atoms with Crippen LogP contribution in [0.4, 0.5) is 0 Å². The van der Waals surface area contributed by atoms with Crippen molar-refractivity contribution in [3.63, 3.8) is 0 Å². The number of nitrogens with one attached hydrogen (secondary N) is 1. The molecule has 0 amide bonds. The first kappa shape index (κ1) is 10.4. The number of carboxylic acids is 1. The average Bonchev–Trinajstić information content (AvgIpc) is 1.80. The van der Waals surface area contributed by atoms with Gasteiger partial charge in [0.2, 0.25) is 10.0 Å². The molecule has 0 saturated carbocycles. The van der Waals surface area contributed by atoms with Gasteiger partial charge in [-0.2, -0.15) is 0 Å². The average molecular weight is 181 g/mol. The summed E-state index contributed by atoms with van der Waals surface area (Å²) >= 11 is 0. The van der Waals surface area contributed by atoms with Crippen LogP contribution in [0.15, 0.2) is 0 Å². The first-order valence-corrected chi connectivity index (χ1v) is 4.89. The Morgan fingerprint density at radius 3 is 2.36 bits per heavy atom. The third kappa shape index (κ3) is 5.81.